The van der Waals surface area contributed by atoms with Gasteiger partial charge in [0.25, 0.3) is 5.88 Å². The van der Waals surface area contributed by atoms with Gasteiger partial charge in [-0.05, 0) is 41.6 Å². The van der Waals surface area contributed by atoms with Crippen molar-refractivity contribution in [1.29, 1.82) is 0 Å². The van der Waals surface area contributed by atoms with E-state index < -0.39 is 0 Å². The third kappa shape index (κ3) is 4.22. The monoisotopic (exact) mass is 371 g/mol. The van der Waals surface area contributed by atoms with Gasteiger partial charge in [-0.2, -0.15) is 0 Å². The van der Waals surface area contributed by atoms with E-state index in [0.29, 0.717) is 22.2 Å². The van der Waals surface area contributed by atoms with E-state index in [1.807, 2.05) is 4.90 Å². The average molecular weight is 372 g/mol. The van der Waals surface area contributed by atoms with Crippen molar-refractivity contribution in [2.45, 2.75) is 39.2 Å². The summed E-state index contributed by atoms with van der Waals surface area (Å²) in [6.07, 6.45) is 4.87. The van der Waals surface area contributed by atoms with E-state index in [-0.39, 0.29) is 12.1 Å². The Morgan fingerprint density at radius 3 is 2.95 bits per heavy atom. The maximum atomic E-state index is 12.4. The van der Waals surface area contributed by atoms with Gasteiger partial charge in [-0.25, -0.2) is 20.2 Å². The number of hydrazine groups is 1. The second-order valence-electron chi connectivity index (χ2n) is 5.64. The summed E-state index contributed by atoms with van der Waals surface area (Å²) in [5.74, 6) is 1.19. The molecule has 1 aliphatic rings. The summed E-state index contributed by atoms with van der Waals surface area (Å²) in [5, 5.41) is 0. The van der Waals surface area contributed by atoms with Gasteiger partial charge in [-0.3, -0.25) is 5.43 Å². The Balaban J connectivity index is 2.01. The minimum absolute atomic E-state index is 0.162. The van der Waals surface area contributed by atoms with Gasteiger partial charge in [-0.15, -0.1) is 0 Å². The highest BCUT2D eigenvalue weighted by atomic mass is 79.9. The molecule has 1 aromatic heterocycles. The normalized spacial score (nSPS) is 21.9. The van der Waals surface area contributed by atoms with Crippen LogP contribution in [0.25, 0.3) is 0 Å². The summed E-state index contributed by atoms with van der Waals surface area (Å²) in [4.78, 5) is 22.5. The number of hydrogen-bond donors (Lipinski definition) is 2. The molecule has 2 heterocycles. The van der Waals surface area contributed by atoms with Crippen LogP contribution in [0.4, 0.5) is 10.6 Å². The lowest BCUT2D eigenvalue weighted by Gasteiger charge is -2.28. The number of nitrogens with zero attached hydrogens (tertiary/aromatic N) is 3. The van der Waals surface area contributed by atoms with E-state index in [1.54, 1.807) is 0 Å². The minimum Gasteiger partial charge on any atom is -0.478 e. The van der Waals surface area contributed by atoms with Crippen LogP contribution in [0.1, 0.15) is 33.1 Å². The number of likely N-dealkylation sites (tertiary alicyclic amines) is 1. The van der Waals surface area contributed by atoms with Gasteiger partial charge in [0.1, 0.15) is 4.60 Å². The molecule has 0 aromatic carbocycles. The number of anilines is 1. The van der Waals surface area contributed by atoms with Crippen molar-refractivity contribution in [1.82, 2.24) is 20.3 Å². The molecule has 1 fully saturated rings. The molecule has 2 rings (SSSR count). The largest absolute Gasteiger partial charge is 0.478 e. The van der Waals surface area contributed by atoms with E-state index in [4.69, 9.17) is 4.74 Å². The molecule has 0 aliphatic carbocycles. The molecule has 1 saturated heterocycles. The first-order valence-corrected chi connectivity index (χ1v) is 8.19. The molecule has 2 amide bonds. The molecule has 22 heavy (non-hydrogen) atoms. The Bertz CT molecular complexity index is 528. The molecule has 0 saturated carbocycles. The molecule has 0 bridgehead atoms. The van der Waals surface area contributed by atoms with Crippen molar-refractivity contribution in [3.8, 4) is 5.88 Å². The van der Waals surface area contributed by atoms with Crippen LogP contribution in [0.3, 0.4) is 0 Å². The number of carbonyl (C=O) groups is 1. The van der Waals surface area contributed by atoms with Gasteiger partial charge in [0.2, 0.25) is 5.82 Å². The third-order valence-electron chi connectivity index (χ3n) is 3.81. The number of urea groups is 1. The molecule has 7 nitrogen and oxygen atoms in total. The summed E-state index contributed by atoms with van der Waals surface area (Å²) in [7, 11) is 1.50. The predicted octanol–water partition coefficient (Wildman–Crippen LogP) is 2.79. The van der Waals surface area contributed by atoms with Crippen LogP contribution in [0.15, 0.2) is 10.8 Å². The van der Waals surface area contributed by atoms with E-state index >= 15 is 0 Å². The van der Waals surface area contributed by atoms with Crippen molar-refractivity contribution in [3.63, 3.8) is 0 Å². The molecule has 122 valence electrons. The van der Waals surface area contributed by atoms with Crippen LogP contribution in [0.5, 0.6) is 5.88 Å². The first-order valence-electron chi connectivity index (χ1n) is 7.40. The summed E-state index contributed by atoms with van der Waals surface area (Å²) in [5.41, 5.74) is 5.47. The Hall–Kier alpha value is -1.57. The third-order valence-corrected chi connectivity index (χ3v) is 4.19. The first kappa shape index (κ1) is 16.8. The topological polar surface area (TPSA) is 79.4 Å². The molecule has 1 aliphatic heterocycles. The van der Waals surface area contributed by atoms with Crippen molar-refractivity contribution >= 4 is 27.8 Å². The lowest BCUT2D eigenvalue weighted by Crippen LogP contribution is -2.47. The number of hydrogen-bond acceptors (Lipinski definition) is 5. The molecular weight excluding hydrogens is 350 g/mol. The fourth-order valence-corrected chi connectivity index (χ4v) is 2.86. The molecule has 2 unspecified atom stereocenters. The van der Waals surface area contributed by atoms with E-state index in [2.05, 4.69) is 50.6 Å². The molecule has 0 spiro atoms. The maximum absolute atomic E-state index is 12.4. The zero-order valence-electron chi connectivity index (χ0n) is 13.1. The first-order chi connectivity index (χ1) is 10.5. The van der Waals surface area contributed by atoms with Crippen molar-refractivity contribution < 1.29 is 9.53 Å². The maximum Gasteiger partial charge on any atom is 0.336 e. The predicted molar refractivity (Wildman–Crippen MR) is 87.6 cm³/mol. The molecule has 8 heteroatoms. The van der Waals surface area contributed by atoms with Crippen molar-refractivity contribution in [2.75, 3.05) is 19.1 Å². The number of rotatable bonds is 3. The van der Waals surface area contributed by atoms with Crippen LogP contribution in [0, 0.1) is 5.92 Å². The number of amides is 2. The molecule has 2 atom stereocenters. The molecule has 0 radical (unpaired) electrons. The number of aromatic nitrogens is 2. The lowest BCUT2D eigenvalue weighted by atomic mass is 10.1. The quantitative estimate of drug-likeness (QED) is 0.798. The summed E-state index contributed by atoms with van der Waals surface area (Å²) >= 11 is 3.24. The van der Waals surface area contributed by atoms with E-state index in [0.717, 1.165) is 25.8 Å². The molecular formula is C14H22BrN5O2. The van der Waals surface area contributed by atoms with Gasteiger partial charge in [0, 0.05) is 12.6 Å². The Labute approximate surface area is 138 Å². The van der Waals surface area contributed by atoms with Gasteiger partial charge in [-0.1, -0.05) is 13.3 Å². The number of carbonyl (C=O) groups excluding carboxylic acids is 1. The smallest absolute Gasteiger partial charge is 0.336 e. The van der Waals surface area contributed by atoms with Crippen LogP contribution >= 0.6 is 15.9 Å². The number of nitrogens with one attached hydrogen (secondary N) is 2. The van der Waals surface area contributed by atoms with Gasteiger partial charge >= 0.3 is 6.03 Å². The van der Waals surface area contributed by atoms with Gasteiger partial charge in [0.05, 0.1) is 13.3 Å². The fraction of sp³-hybridized carbons (Fsp3) is 0.643. The van der Waals surface area contributed by atoms with Crippen LogP contribution < -0.4 is 15.6 Å². The summed E-state index contributed by atoms with van der Waals surface area (Å²) in [6.45, 7) is 5.02. The summed E-state index contributed by atoms with van der Waals surface area (Å²) < 4.78 is 5.67. The Kier molecular flexibility index (Phi) is 5.82. The Morgan fingerprint density at radius 1 is 1.45 bits per heavy atom. The highest BCUT2D eigenvalue weighted by Gasteiger charge is 2.25. The number of ether oxygens (including phenoxy) is 1. The average Bonchev–Trinajstić information content (AvgIpc) is 2.66. The summed E-state index contributed by atoms with van der Waals surface area (Å²) in [6, 6.07) is 0.0623. The molecule has 1 aromatic rings. The van der Waals surface area contributed by atoms with Crippen molar-refractivity contribution in [2.24, 2.45) is 5.92 Å². The van der Waals surface area contributed by atoms with Crippen LogP contribution in [0.2, 0.25) is 0 Å². The second kappa shape index (κ2) is 7.62. The minimum atomic E-state index is -0.162. The van der Waals surface area contributed by atoms with E-state index in [1.165, 1.54) is 13.3 Å². The van der Waals surface area contributed by atoms with Gasteiger partial charge in [0.15, 0.2) is 0 Å². The number of halogens is 1. The zero-order chi connectivity index (χ0) is 16.1. The van der Waals surface area contributed by atoms with Crippen molar-refractivity contribution in [3.05, 3.63) is 10.8 Å². The SMILES string of the molecule is COc1ncc(Br)nc1NNC(=O)N1CC(C)CCCC1C. The fourth-order valence-electron chi connectivity index (χ4n) is 2.58. The lowest BCUT2D eigenvalue weighted by molar-refractivity contribution is 0.175. The molecule has 2 N–H and O–H groups in total. The van der Waals surface area contributed by atoms with Gasteiger partial charge < -0.3 is 9.64 Å². The number of methoxy groups -OCH3 is 1. The van der Waals surface area contributed by atoms with Crippen LogP contribution in [-0.2, 0) is 0 Å². The zero-order valence-corrected chi connectivity index (χ0v) is 14.7. The Morgan fingerprint density at radius 2 is 2.23 bits per heavy atom. The van der Waals surface area contributed by atoms with Crippen LogP contribution in [-0.4, -0.2) is 40.6 Å². The highest BCUT2D eigenvalue weighted by molar-refractivity contribution is 9.10. The van der Waals surface area contributed by atoms with E-state index in [9.17, 15) is 4.79 Å². The second-order valence-corrected chi connectivity index (χ2v) is 6.46. The standard InChI is InChI=1S/C14H22BrN5O2/c1-9-5-4-6-10(2)20(8-9)14(21)19-18-12-13(22-3)16-7-11(15)17-12/h7,9-10H,4-6,8H2,1-3H3,(H,17,18)(H,19,21). The highest BCUT2D eigenvalue weighted by Crippen LogP contribution is 2.22.